The molecular weight excluding hydrogens is 779 g/mol. The number of aliphatic hydroxyl groups excluding tert-OH is 2. The monoisotopic (exact) mass is 878 g/mol. The first-order valence-electron chi connectivity index (χ1n) is 26.4. The average molecular weight is 878 g/mol. The minimum absolute atomic E-state index is 0.0173. The molecule has 0 radical (unpaired) electrons. The van der Waals surface area contributed by atoms with E-state index >= 15 is 0 Å². The highest BCUT2D eigenvalue weighted by Crippen LogP contribution is 2.17. The molecule has 0 bridgehead atoms. The summed E-state index contributed by atoms with van der Waals surface area (Å²) in [5.41, 5.74) is 0. The van der Waals surface area contributed by atoms with E-state index in [1.165, 1.54) is 122 Å². The minimum Gasteiger partial charge on any atom is -0.462 e. The van der Waals surface area contributed by atoms with Crippen LogP contribution in [0.25, 0.3) is 0 Å². The van der Waals surface area contributed by atoms with E-state index in [9.17, 15) is 19.8 Å². The predicted octanol–water partition coefficient (Wildman–Crippen LogP) is 16.0. The number of unbranched alkanes of at least 4 members (excludes halogenated alkanes) is 25. The number of rotatable bonds is 46. The molecule has 3 unspecified atom stereocenters. The second kappa shape index (κ2) is 50.0. The molecule has 63 heavy (non-hydrogen) atoms. The number of hydrogen-bond acceptors (Lipinski definition) is 5. The lowest BCUT2D eigenvalue weighted by Crippen LogP contribution is -2.46. The average Bonchev–Trinajstić information content (AvgIpc) is 3.28. The van der Waals surface area contributed by atoms with Crippen molar-refractivity contribution in [2.75, 3.05) is 6.61 Å². The highest BCUT2D eigenvalue weighted by molar-refractivity contribution is 5.77. The van der Waals surface area contributed by atoms with Crippen LogP contribution in [0.5, 0.6) is 0 Å². The molecule has 6 nitrogen and oxygen atoms in total. The van der Waals surface area contributed by atoms with Crippen LogP contribution in [0.15, 0.2) is 85.1 Å². The van der Waals surface area contributed by atoms with E-state index in [0.717, 1.165) is 70.6 Å². The van der Waals surface area contributed by atoms with Crippen molar-refractivity contribution in [2.24, 2.45) is 0 Å². The summed E-state index contributed by atoms with van der Waals surface area (Å²) in [6.07, 6.45) is 65.0. The fraction of sp³-hybridized carbons (Fsp3) is 0.719. The Balaban J connectivity index is 4.70. The minimum atomic E-state index is -0.814. The maximum Gasteiger partial charge on any atom is 0.306 e. The Morgan fingerprint density at radius 2 is 0.889 bits per heavy atom. The van der Waals surface area contributed by atoms with E-state index in [-0.39, 0.29) is 24.9 Å². The summed E-state index contributed by atoms with van der Waals surface area (Å²) in [6, 6.07) is -0.733. The van der Waals surface area contributed by atoms with Crippen molar-refractivity contribution in [3.05, 3.63) is 85.1 Å². The van der Waals surface area contributed by atoms with E-state index in [4.69, 9.17) is 4.74 Å². The fourth-order valence-corrected chi connectivity index (χ4v) is 7.64. The van der Waals surface area contributed by atoms with Gasteiger partial charge in [-0.25, -0.2) is 0 Å². The van der Waals surface area contributed by atoms with Crippen LogP contribution in [0.2, 0.25) is 0 Å². The molecule has 0 aromatic rings. The highest BCUT2D eigenvalue weighted by Gasteiger charge is 2.24. The molecule has 3 atom stereocenters. The summed E-state index contributed by atoms with van der Waals surface area (Å²) in [5.74, 6) is -0.571. The SMILES string of the molecule is CC\C=C/C=C/C=C/C=C\C=C\C=C\CCCC(CC(=O)NC(CO)C(O)CCCCCCCCCCCCCCCCCC)OC(=O)CCCCC/C=C\CCCCCCCC. The Kier molecular flexibility index (Phi) is 47.7. The standard InChI is InChI=1S/C57H99NO5/c1-4-7-10-13-16-19-22-25-27-29-32-34-37-40-43-46-49-55(60)54(52-59)58-56(61)51-53(48-45-42-39-36-33-31-28-26-23-20-17-14-11-8-5-2)63-57(62)50-47-44-41-38-35-30-24-21-18-15-12-9-6-3/h8,11,14,17,20,23,26,28,30-31,33,35-36,39,53-55,59-60H,4-7,9-10,12-13,15-16,18-19,21-22,24-25,27,29,32,34,37-38,40-52H2,1-3H3,(H,58,61)/b11-8-,17-14+,23-20+,28-26-,33-31+,35-30-,39-36+. The van der Waals surface area contributed by atoms with Crippen molar-refractivity contribution in [1.82, 2.24) is 5.32 Å². The first-order chi connectivity index (χ1) is 31.0. The van der Waals surface area contributed by atoms with Crippen LogP contribution in [-0.4, -0.2) is 46.9 Å². The molecule has 0 fully saturated rings. The molecule has 0 aliphatic heterocycles. The zero-order valence-electron chi connectivity index (χ0n) is 41.2. The molecular formula is C57H99NO5. The number of aliphatic hydroxyl groups is 2. The zero-order chi connectivity index (χ0) is 45.9. The van der Waals surface area contributed by atoms with Crippen LogP contribution < -0.4 is 5.32 Å². The third-order valence-electron chi connectivity index (χ3n) is 11.6. The first-order valence-corrected chi connectivity index (χ1v) is 26.4. The van der Waals surface area contributed by atoms with Crippen molar-refractivity contribution < 1.29 is 24.5 Å². The van der Waals surface area contributed by atoms with Gasteiger partial charge in [-0.1, -0.05) is 247 Å². The maximum absolute atomic E-state index is 13.2. The number of carbonyl (C=O) groups excluding carboxylic acids is 2. The van der Waals surface area contributed by atoms with Gasteiger partial charge in [0.25, 0.3) is 0 Å². The van der Waals surface area contributed by atoms with Gasteiger partial charge in [-0.15, -0.1) is 0 Å². The second-order valence-electron chi connectivity index (χ2n) is 17.7. The molecule has 362 valence electrons. The summed E-state index contributed by atoms with van der Waals surface area (Å²) in [7, 11) is 0. The Bertz CT molecular complexity index is 1210. The number of ether oxygens (including phenoxy) is 1. The van der Waals surface area contributed by atoms with Crippen molar-refractivity contribution >= 4 is 11.9 Å². The van der Waals surface area contributed by atoms with Crippen LogP contribution >= 0.6 is 0 Å². The molecule has 0 rings (SSSR count). The fourth-order valence-electron chi connectivity index (χ4n) is 7.64. The second-order valence-corrected chi connectivity index (χ2v) is 17.7. The quantitative estimate of drug-likeness (QED) is 0.0245. The molecule has 0 heterocycles. The molecule has 0 aromatic carbocycles. The molecule has 0 aromatic heterocycles. The van der Waals surface area contributed by atoms with Crippen LogP contribution in [0, 0.1) is 0 Å². The zero-order valence-corrected chi connectivity index (χ0v) is 41.2. The van der Waals surface area contributed by atoms with Gasteiger partial charge in [-0.3, -0.25) is 9.59 Å². The lowest BCUT2D eigenvalue weighted by molar-refractivity contribution is -0.151. The van der Waals surface area contributed by atoms with Gasteiger partial charge in [0.2, 0.25) is 5.91 Å². The van der Waals surface area contributed by atoms with E-state index in [2.05, 4.69) is 50.4 Å². The summed E-state index contributed by atoms with van der Waals surface area (Å²) in [6.45, 7) is 6.31. The van der Waals surface area contributed by atoms with Crippen molar-refractivity contribution in [3.8, 4) is 0 Å². The number of amides is 1. The van der Waals surface area contributed by atoms with Crippen LogP contribution in [0.4, 0.5) is 0 Å². The number of nitrogens with one attached hydrogen (secondary N) is 1. The van der Waals surface area contributed by atoms with Gasteiger partial charge in [0.1, 0.15) is 6.10 Å². The van der Waals surface area contributed by atoms with Crippen LogP contribution in [-0.2, 0) is 14.3 Å². The highest BCUT2D eigenvalue weighted by atomic mass is 16.5. The topological polar surface area (TPSA) is 95.9 Å². The van der Waals surface area contributed by atoms with Gasteiger partial charge in [-0.05, 0) is 64.2 Å². The molecule has 3 N–H and O–H groups in total. The van der Waals surface area contributed by atoms with Crippen LogP contribution in [0.1, 0.15) is 239 Å². The number of carbonyl (C=O) groups is 2. The summed E-state index contributed by atoms with van der Waals surface area (Å²) in [5, 5.41) is 23.8. The van der Waals surface area contributed by atoms with Crippen LogP contribution in [0.3, 0.4) is 0 Å². The summed E-state index contributed by atoms with van der Waals surface area (Å²) < 4.78 is 5.89. The molecule has 0 aliphatic rings. The Morgan fingerprint density at radius 1 is 0.476 bits per heavy atom. The van der Waals surface area contributed by atoms with Gasteiger partial charge in [0.15, 0.2) is 0 Å². The van der Waals surface area contributed by atoms with Crippen molar-refractivity contribution in [2.45, 2.75) is 257 Å². The molecule has 6 heteroatoms. The largest absolute Gasteiger partial charge is 0.462 e. The van der Waals surface area contributed by atoms with Gasteiger partial charge >= 0.3 is 5.97 Å². The Hall–Kier alpha value is -2.96. The normalized spacial score (nSPS) is 13.9. The lowest BCUT2D eigenvalue weighted by Gasteiger charge is -2.24. The Labute approximate surface area is 389 Å². The van der Waals surface area contributed by atoms with Crippen molar-refractivity contribution in [1.29, 1.82) is 0 Å². The molecule has 0 saturated heterocycles. The molecule has 1 amide bonds. The summed E-state index contributed by atoms with van der Waals surface area (Å²) in [4.78, 5) is 26.1. The number of allylic oxidation sites excluding steroid dienone is 14. The molecule has 0 saturated carbocycles. The molecule has 0 spiro atoms. The number of hydrogen-bond donors (Lipinski definition) is 3. The third kappa shape index (κ3) is 45.4. The third-order valence-corrected chi connectivity index (χ3v) is 11.6. The molecule has 0 aliphatic carbocycles. The first kappa shape index (κ1) is 60.0. The smallest absolute Gasteiger partial charge is 0.306 e. The van der Waals surface area contributed by atoms with Gasteiger partial charge in [0.05, 0.1) is 25.2 Å². The van der Waals surface area contributed by atoms with E-state index < -0.39 is 18.2 Å². The maximum atomic E-state index is 13.2. The van der Waals surface area contributed by atoms with Gasteiger partial charge in [0, 0.05) is 6.42 Å². The van der Waals surface area contributed by atoms with Gasteiger partial charge < -0.3 is 20.3 Å². The lowest BCUT2D eigenvalue weighted by atomic mass is 10.0. The van der Waals surface area contributed by atoms with E-state index in [1.807, 2.05) is 60.8 Å². The van der Waals surface area contributed by atoms with Gasteiger partial charge in [-0.2, -0.15) is 0 Å². The number of esters is 1. The predicted molar refractivity (Wildman–Crippen MR) is 273 cm³/mol. The van der Waals surface area contributed by atoms with E-state index in [0.29, 0.717) is 19.3 Å². The summed E-state index contributed by atoms with van der Waals surface area (Å²) >= 11 is 0. The Morgan fingerprint density at radius 3 is 1.37 bits per heavy atom. The van der Waals surface area contributed by atoms with E-state index in [1.54, 1.807) is 0 Å². The van der Waals surface area contributed by atoms with Crippen molar-refractivity contribution in [3.63, 3.8) is 0 Å².